The number of hydrogen-bond donors (Lipinski definition) is 2. The van der Waals surface area contributed by atoms with Crippen molar-refractivity contribution in [2.24, 2.45) is 0 Å². The lowest BCUT2D eigenvalue weighted by Gasteiger charge is -2.36. The Bertz CT molecular complexity index is 435. The van der Waals surface area contributed by atoms with Gasteiger partial charge in [-0.3, -0.25) is 0 Å². The number of aliphatic hydroxyl groups is 1. The summed E-state index contributed by atoms with van der Waals surface area (Å²) in [7, 11) is 4.19. The van der Waals surface area contributed by atoms with Crippen molar-refractivity contribution in [3.63, 3.8) is 0 Å². The highest BCUT2D eigenvalue weighted by Crippen LogP contribution is 2.24. The Hall–Kier alpha value is -0.900. The molecule has 1 aromatic carbocycles. The number of aryl methyl sites for hydroxylation is 1. The van der Waals surface area contributed by atoms with Crippen LogP contribution in [0.4, 0.5) is 0 Å². The predicted molar refractivity (Wildman–Crippen MR) is 88.5 cm³/mol. The largest absolute Gasteiger partial charge is 0.391 e. The van der Waals surface area contributed by atoms with Gasteiger partial charge in [0.15, 0.2) is 0 Å². The summed E-state index contributed by atoms with van der Waals surface area (Å²) < 4.78 is 0. The topological polar surface area (TPSA) is 35.5 Å². The van der Waals surface area contributed by atoms with Gasteiger partial charge in [-0.2, -0.15) is 0 Å². The van der Waals surface area contributed by atoms with Crippen molar-refractivity contribution in [2.45, 2.75) is 57.2 Å². The van der Waals surface area contributed by atoms with Gasteiger partial charge in [-0.25, -0.2) is 0 Å². The Kier molecular flexibility index (Phi) is 6.22. The average molecular weight is 290 g/mol. The Labute approximate surface area is 129 Å². The summed E-state index contributed by atoms with van der Waals surface area (Å²) in [6.45, 7) is 3.15. The lowest BCUT2D eigenvalue weighted by molar-refractivity contribution is 0.0308. The monoisotopic (exact) mass is 290 g/mol. The number of likely N-dealkylation sites (N-methyl/N-ethyl adjacent to an activating group) is 1. The summed E-state index contributed by atoms with van der Waals surface area (Å²) in [5.74, 6) is 0. The molecule has 0 amide bonds. The molecule has 0 saturated heterocycles. The van der Waals surface area contributed by atoms with Crippen LogP contribution >= 0.6 is 0 Å². The first-order valence-electron chi connectivity index (χ1n) is 8.24. The van der Waals surface area contributed by atoms with Crippen molar-refractivity contribution < 1.29 is 5.11 Å². The SMILES string of the molecule is CNC(CCN(C)C1CCCCC1O)c1cccc(C)c1. The molecule has 0 aliphatic heterocycles. The van der Waals surface area contributed by atoms with Crippen LogP contribution < -0.4 is 5.32 Å². The van der Waals surface area contributed by atoms with E-state index in [2.05, 4.69) is 48.5 Å². The van der Waals surface area contributed by atoms with E-state index in [1.54, 1.807) is 0 Å². The molecule has 2 N–H and O–H groups in total. The number of aliphatic hydroxyl groups excluding tert-OH is 1. The van der Waals surface area contributed by atoms with Crippen molar-refractivity contribution in [1.82, 2.24) is 10.2 Å². The van der Waals surface area contributed by atoms with E-state index in [1.165, 1.54) is 24.0 Å². The normalized spacial score (nSPS) is 24.2. The number of benzene rings is 1. The molecule has 0 aromatic heterocycles. The molecule has 1 aliphatic rings. The summed E-state index contributed by atoms with van der Waals surface area (Å²) in [5.41, 5.74) is 2.67. The van der Waals surface area contributed by atoms with Crippen LogP contribution in [-0.4, -0.2) is 42.8 Å². The van der Waals surface area contributed by atoms with Gasteiger partial charge in [-0.1, -0.05) is 42.7 Å². The highest BCUT2D eigenvalue weighted by Gasteiger charge is 2.26. The third-order valence-electron chi connectivity index (χ3n) is 4.82. The second kappa shape index (κ2) is 7.92. The number of hydrogen-bond acceptors (Lipinski definition) is 3. The minimum atomic E-state index is -0.143. The highest BCUT2D eigenvalue weighted by molar-refractivity contribution is 5.25. The van der Waals surface area contributed by atoms with Gasteiger partial charge in [0.2, 0.25) is 0 Å². The van der Waals surface area contributed by atoms with Crippen LogP contribution in [0.5, 0.6) is 0 Å². The van der Waals surface area contributed by atoms with Crippen LogP contribution in [0, 0.1) is 6.92 Å². The molecule has 1 saturated carbocycles. The maximum atomic E-state index is 10.2. The Morgan fingerprint density at radius 1 is 1.33 bits per heavy atom. The lowest BCUT2D eigenvalue weighted by Crippen LogP contribution is -2.44. The first kappa shape index (κ1) is 16.5. The number of rotatable bonds is 6. The fourth-order valence-corrected chi connectivity index (χ4v) is 3.47. The summed E-state index contributed by atoms with van der Waals surface area (Å²) in [6, 6.07) is 9.45. The van der Waals surface area contributed by atoms with Crippen LogP contribution in [0.3, 0.4) is 0 Å². The second-order valence-corrected chi connectivity index (χ2v) is 6.44. The molecule has 3 nitrogen and oxygen atoms in total. The predicted octanol–water partition coefficient (Wildman–Crippen LogP) is 2.88. The number of nitrogens with zero attached hydrogens (tertiary/aromatic N) is 1. The van der Waals surface area contributed by atoms with E-state index in [0.717, 1.165) is 25.8 Å². The standard InChI is InChI=1S/C18H30N2O/c1-14-7-6-8-15(13-14)16(19-2)11-12-20(3)17-9-4-5-10-18(17)21/h6-8,13,16-19,21H,4-5,9-12H2,1-3H3. The molecule has 1 fully saturated rings. The van der Waals surface area contributed by atoms with Crippen molar-refractivity contribution in [1.29, 1.82) is 0 Å². The van der Waals surface area contributed by atoms with E-state index in [0.29, 0.717) is 12.1 Å². The quantitative estimate of drug-likeness (QED) is 0.845. The first-order valence-corrected chi connectivity index (χ1v) is 8.24. The molecular formula is C18H30N2O. The summed E-state index contributed by atoms with van der Waals surface area (Å²) in [5, 5.41) is 13.6. The Morgan fingerprint density at radius 2 is 2.10 bits per heavy atom. The summed E-state index contributed by atoms with van der Waals surface area (Å²) >= 11 is 0. The van der Waals surface area contributed by atoms with E-state index >= 15 is 0 Å². The zero-order valence-electron chi connectivity index (χ0n) is 13.7. The molecule has 0 heterocycles. The number of nitrogens with one attached hydrogen (secondary N) is 1. The molecule has 3 atom stereocenters. The van der Waals surface area contributed by atoms with Crippen molar-refractivity contribution in [3.8, 4) is 0 Å². The van der Waals surface area contributed by atoms with Crippen LogP contribution in [0.15, 0.2) is 24.3 Å². The molecule has 3 heteroatoms. The third-order valence-corrected chi connectivity index (χ3v) is 4.82. The van der Waals surface area contributed by atoms with Crippen molar-refractivity contribution in [3.05, 3.63) is 35.4 Å². The van der Waals surface area contributed by atoms with Gasteiger partial charge >= 0.3 is 0 Å². The maximum Gasteiger partial charge on any atom is 0.0695 e. The molecule has 3 unspecified atom stereocenters. The molecular weight excluding hydrogens is 260 g/mol. The van der Waals surface area contributed by atoms with Gasteiger partial charge in [-0.05, 0) is 45.8 Å². The van der Waals surface area contributed by atoms with E-state index < -0.39 is 0 Å². The zero-order chi connectivity index (χ0) is 15.2. The van der Waals surface area contributed by atoms with Crippen molar-refractivity contribution in [2.75, 3.05) is 20.6 Å². The Morgan fingerprint density at radius 3 is 2.76 bits per heavy atom. The van der Waals surface area contributed by atoms with Gasteiger partial charge in [-0.15, -0.1) is 0 Å². The van der Waals surface area contributed by atoms with Gasteiger partial charge in [0.25, 0.3) is 0 Å². The fraction of sp³-hybridized carbons (Fsp3) is 0.667. The highest BCUT2D eigenvalue weighted by atomic mass is 16.3. The van der Waals surface area contributed by atoms with E-state index in [1.807, 2.05) is 7.05 Å². The minimum Gasteiger partial charge on any atom is -0.391 e. The third kappa shape index (κ3) is 4.53. The summed E-state index contributed by atoms with van der Waals surface area (Å²) in [4.78, 5) is 2.35. The smallest absolute Gasteiger partial charge is 0.0695 e. The molecule has 0 spiro atoms. The summed E-state index contributed by atoms with van der Waals surface area (Å²) in [6.07, 6.45) is 5.44. The fourth-order valence-electron chi connectivity index (χ4n) is 3.47. The van der Waals surface area contributed by atoms with E-state index in [4.69, 9.17) is 0 Å². The van der Waals surface area contributed by atoms with Crippen LogP contribution in [0.2, 0.25) is 0 Å². The molecule has 0 bridgehead atoms. The molecule has 2 rings (SSSR count). The van der Waals surface area contributed by atoms with Crippen LogP contribution in [0.25, 0.3) is 0 Å². The van der Waals surface area contributed by atoms with E-state index in [9.17, 15) is 5.11 Å². The molecule has 21 heavy (non-hydrogen) atoms. The van der Waals surface area contributed by atoms with Gasteiger partial charge in [0, 0.05) is 18.6 Å². The lowest BCUT2D eigenvalue weighted by atomic mass is 9.91. The molecule has 118 valence electrons. The van der Waals surface area contributed by atoms with Gasteiger partial charge in [0.1, 0.15) is 0 Å². The van der Waals surface area contributed by atoms with Crippen LogP contribution in [0.1, 0.15) is 49.3 Å². The Balaban J connectivity index is 1.90. The van der Waals surface area contributed by atoms with Gasteiger partial charge in [0.05, 0.1) is 6.10 Å². The maximum absolute atomic E-state index is 10.2. The molecule has 1 aromatic rings. The second-order valence-electron chi connectivity index (χ2n) is 6.44. The zero-order valence-corrected chi connectivity index (χ0v) is 13.7. The minimum absolute atomic E-state index is 0.143. The average Bonchev–Trinajstić information content (AvgIpc) is 2.48. The van der Waals surface area contributed by atoms with E-state index in [-0.39, 0.29) is 6.10 Å². The molecule has 0 radical (unpaired) electrons. The van der Waals surface area contributed by atoms with Gasteiger partial charge < -0.3 is 15.3 Å². The molecule has 1 aliphatic carbocycles. The van der Waals surface area contributed by atoms with Crippen LogP contribution in [-0.2, 0) is 0 Å². The van der Waals surface area contributed by atoms with Crippen molar-refractivity contribution >= 4 is 0 Å². The first-order chi connectivity index (χ1) is 10.1.